The van der Waals surface area contributed by atoms with Crippen molar-refractivity contribution < 1.29 is 18.7 Å². The lowest BCUT2D eigenvalue weighted by Crippen LogP contribution is -2.34. The average molecular weight is 542 g/mol. The van der Waals surface area contributed by atoms with Gasteiger partial charge in [0.25, 0.3) is 5.91 Å². The number of ether oxygens (including phenoxy) is 1. The Morgan fingerprint density at radius 3 is 2.48 bits per heavy atom. The highest BCUT2D eigenvalue weighted by Gasteiger charge is 2.16. The number of amides is 3. The SMILES string of the molecule is CC(C)(C)/C(N)=C/C(=Nc1ccc2ncccc2c1)NC(=O)Nc1ccc(Oc2ccnc(C(N)=O)c2)cc1F. The summed E-state index contributed by atoms with van der Waals surface area (Å²) in [6.45, 7) is 5.79. The zero-order chi connectivity index (χ0) is 28.9. The van der Waals surface area contributed by atoms with Crippen molar-refractivity contribution in [3.63, 3.8) is 0 Å². The lowest BCUT2D eigenvalue weighted by atomic mass is 9.92. The molecular weight excluding hydrogens is 513 g/mol. The van der Waals surface area contributed by atoms with Gasteiger partial charge in [-0.15, -0.1) is 0 Å². The van der Waals surface area contributed by atoms with Crippen LogP contribution in [0.25, 0.3) is 10.9 Å². The molecule has 0 atom stereocenters. The maximum absolute atomic E-state index is 14.8. The van der Waals surface area contributed by atoms with E-state index in [4.69, 9.17) is 16.2 Å². The minimum absolute atomic E-state index is 0.00639. The average Bonchev–Trinajstić information content (AvgIpc) is 2.89. The Morgan fingerprint density at radius 2 is 1.75 bits per heavy atom. The highest BCUT2D eigenvalue weighted by Crippen LogP contribution is 2.26. The van der Waals surface area contributed by atoms with E-state index in [0.717, 1.165) is 17.0 Å². The fourth-order valence-corrected chi connectivity index (χ4v) is 3.41. The van der Waals surface area contributed by atoms with E-state index in [0.29, 0.717) is 11.4 Å². The van der Waals surface area contributed by atoms with Crippen LogP contribution in [0, 0.1) is 11.2 Å². The van der Waals surface area contributed by atoms with Gasteiger partial charge in [-0.3, -0.25) is 20.1 Å². The van der Waals surface area contributed by atoms with Gasteiger partial charge < -0.3 is 21.5 Å². The normalized spacial score (nSPS) is 12.2. The maximum atomic E-state index is 14.8. The lowest BCUT2D eigenvalue weighted by Gasteiger charge is -2.19. The molecule has 4 rings (SSSR count). The number of aliphatic imine (C=N–C) groups is 1. The van der Waals surface area contributed by atoms with Crippen LogP contribution in [0.5, 0.6) is 11.5 Å². The fourth-order valence-electron chi connectivity index (χ4n) is 3.41. The summed E-state index contributed by atoms with van der Waals surface area (Å²) < 4.78 is 20.4. The van der Waals surface area contributed by atoms with Gasteiger partial charge in [0.15, 0.2) is 0 Å². The number of rotatable bonds is 6. The molecule has 204 valence electrons. The quantitative estimate of drug-likeness (QED) is 0.189. The lowest BCUT2D eigenvalue weighted by molar-refractivity contribution is 0.0995. The monoisotopic (exact) mass is 541 g/mol. The molecule has 4 aromatic rings. The molecule has 2 aromatic heterocycles. The molecule has 6 N–H and O–H groups in total. The number of urea groups is 1. The van der Waals surface area contributed by atoms with Crippen molar-refractivity contribution in [3.8, 4) is 11.5 Å². The second kappa shape index (κ2) is 11.6. The molecule has 0 saturated carbocycles. The van der Waals surface area contributed by atoms with Crippen molar-refractivity contribution in [1.29, 1.82) is 0 Å². The third-order valence-corrected chi connectivity index (χ3v) is 5.64. The van der Waals surface area contributed by atoms with E-state index in [-0.39, 0.29) is 34.1 Å². The molecule has 3 amide bonds. The number of hydrogen-bond donors (Lipinski definition) is 4. The highest BCUT2D eigenvalue weighted by atomic mass is 19.1. The Balaban J connectivity index is 1.53. The van der Waals surface area contributed by atoms with Crippen LogP contribution < -0.4 is 26.8 Å². The summed E-state index contributed by atoms with van der Waals surface area (Å²) in [4.78, 5) is 36.9. The van der Waals surface area contributed by atoms with Crippen LogP contribution in [0.3, 0.4) is 0 Å². The molecule has 0 spiro atoms. The van der Waals surface area contributed by atoms with Crippen LogP contribution in [-0.2, 0) is 0 Å². The maximum Gasteiger partial charge on any atom is 0.324 e. The summed E-state index contributed by atoms with van der Waals surface area (Å²) in [5.74, 6) is -0.922. The molecule has 40 heavy (non-hydrogen) atoms. The summed E-state index contributed by atoms with van der Waals surface area (Å²) in [6.07, 6.45) is 4.61. The summed E-state index contributed by atoms with van der Waals surface area (Å²) in [5, 5.41) is 5.99. The summed E-state index contributed by atoms with van der Waals surface area (Å²) >= 11 is 0. The zero-order valence-corrected chi connectivity index (χ0v) is 22.1. The Morgan fingerprint density at radius 1 is 0.975 bits per heavy atom. The Labute approximate surface area is 230 Å². The topological polar surface area (TPSA) is 158 Å². The van der Waals surface area contributed by atoms with Crippen molar-refractivity contribution in [2.75, 3.05) is 5.32 Å². The van der Waals surface area contributed by atoms with E-state index in [1.165, 1.54) is 30.5 Å². The summed E-state index contributed by atoms with van der Waals surface area (Å²) in [6, 6.07) is 15.1. The van der Waals surface area contributed by atoms with Crippen molar-refractivity contribution in [2.45, 2.75) is 20.8 Å². The van der Waals surface area contributed by atoms with Crippen LogP contribution in [0.4, 0.5) is 20.6 Å². The van der Waals surface area contributed by atoms with Crippen LogP contribution in [0.1, 0.15) is 31.3 Å². The van der Waals surface area contributed by atoms with Gasteiger partial charge in [0.05, 0.1) is 16.9 Å². The molecular formula is C29H28FN7O3. The number of hydrogen-bond acceptors (Lipinski definition) is 7. The minimum Gasteiger partial charge on any atom is -0.457 e. The first-order valence-corrected chi connectivity index (χ1v) is 12.2. The standard InChI is InChI=1S/C29H28FN7O3/c1-29(2,3)25(31)16-26(35-18-6-8-22-17(13-18)5-4-11-33-22)37-28(39)36-23-9-7-19(14-21(23)30)40-20-10-12-34-24(15-20)27(32)38/h4-16H,31H2,1-3H3,(H2,32,38)(H2,35,36,37,39)/b25-16-. The van der Waals surface area contributed by atoms with Gasteiger partial charge in [-0.1, -0.05) is 26.8 Å². The highest BCUT2D eigenvalue weighted by molar-refractivity contribution is 6.09. The van der Waals surface area contributed by atoms with Gasteiger partial charge in [0.1, 0.15) is 28.8 Å². The molecule has 2 heterocycles. The largest absolute Gasteiger partial charge is 0.457 e. The van der Waals surface area contributed by atoms with Crippen LogP contribution in [-0.4, -0.2) is 27.7 Å². The van der Waals surface area contributed by atoms with E-state index >= 15 is 0 Å². The summed E-state index contributed by atoms with van der Waals surface area (Å²) in [7, 11) is 0. The number of fused-ring (bicyclic) bond motifs is 1. The van der Waals surface area contributed by atoms with E-state index in [2.05, 4.69) is 25.6 Å². The van der Waals surface area contributed by atoms with E-state index in [1.807, 2.05) is 45.0 Å². The number of amidine groups is 1. The first-order valence-electron chi connectivity index (χ1n) is 12.2. The molecule has 0 aliphatic rings. The van der Waals surface area contributed by atoms with E-state index < -0.39 is 17.8 Å². The predicted octanol–water partition coefficient (Wildman–Crippen LogP) is 5.40. The first-order chi connectivity index (χ1) is 19.0. The number of carbonyl (C=O) groups is 2. The number of anilines is 1. The molecule has 0 aliphatic heterocycles. The Bertz CT molecular complexity index is 1640. The van der Waals surface area contributed by atoms with Crippen molar-refractivity contribution in [3.05, 3.63) is 96.3 Å². The molecule has 2 aromatic carbocycles. The number of pyridine rings is 2. The van der Waals surface area contributed by atoms with Crippen LogP contribution >= 0.6 is 0 Å². The number of aromatic nitrogens is 2. The number of halogens is 1. The minimum atomic E-state index is -0.748. The van der Waals surface area contributed by atoms with Crippen LogP contribution in [0.15, 0.2) is 89.8 Å². The van der Waals surface area contributed by atoms with Crippen molar-refractivity contribution in [1.82, 2.24) is 15.3 Å². The number of nitrogens with two attached hydrogens (primary N) is 2. The Kier molecular flexibility index (Phi) is 8.04. The second-order valence-corrected chi connectivity index (χ2v) is 9.79. The van der Waals surface area contributed by atoms with Gasteiger partial charge in [0.2, 0.25) is 0 Å². The Hall–Kier alpha value is -5.32. The predicted molar refractivity (Wildman–Crippen MR) is 152 cm³/mol. The third-order valence-electron chi connectivity index (χ3n) is 5.64. The summed E-state index contributed by atoms with van der Waals surface area (Å²) in [5.41, 5.74) is 12.9. The second-order valence-electron chi connectivity index (χ2n) is 9.79. The molecule has 0 radical (unpaired) electrons. The van der Waals surface area contributed by atoms with Gasteiger partial charge in [-0.05, 0) is 42.5 Å². The van der Waals surface area contributed by atoms with E-state index in [1.54, 1.807) is 18.3 Å². The van der Waals surface area contributed by atoms with E-state index in [9.17, 15) is 14.0 Å². The number of nitrogens with zero attached hydrogens (tertiary/aromatic N) is 3. The number of nitrogens with one attached hydrogen (secondary N) is 2. The molecule has 0 fully saturated rings. The number of allylic oxidation sites excluding steroid dienone is 1. The van der Waals surface area contributed by atoms with Crippen LogP contribution in [0.2, 0.25) is 0 Å². The molecule has 0 unspecified atom stereocenters. The molecule has 0 bridgehead atoms. The fraction of sp³-hybridized carbons (Fsp3) is 0.138. The zero-order valence-electron chi connectivity index (χ0n) is 22.1. The molecule has 0 aliphatic carbocycles. The number of primary amides is 1. The number of carbonyl (C=O) groups excluding carboxylic acids is 2. The van der Waals surface area contributed by atoms with Crippen molar-refractivity contribution in [2.24, 2.45) is 21.9 Å². The van der Waals surface area contributed by atoms with Gasteiger partial charge >= 0.3 is 6.03 Å². The molecule has 11 heteroatoms. The smallest absolute Gasteiger partial charge is 0.324 e. The van der Waals surface area contributed by atoms with Crippen molar-refractivity contribution >= 4 is 40.1 Å². The third kappa shape index (κ3) is 7.16. The van der Waals surface area contributed by atoms with Gasteiger partial charge in [-0.2, -0.15) is 0 Å². The number of benzene rings is 2. The van der Waals surface area contributed by atoms with Gasteiger partial charge in [-0.25, -0.2) is 14.2 Å². The first kappa shape index (κ1) is 27.7. The molecule has 10 nitrogen and oxygen atoms in total. The molecule has 0 saturated heterocycles. The van der Waals surface area contributed by atoms with Gasteiger partial charge in [0, 0.05) is 47.1 Å².